The van der Waals surface area contributed by atoms with Crippen LogP contribution >= 0.6 is 0 Å². The standard InChI is InChI=1S/C8H7FN2O6S/c9-6-2-1-5(11(14)15)3-7(6)18(16,17)10-4-8(12)13/h1-3,10H,4H2,(H,12,13). The SMILES string of the molecule is O=C(O)CNS(=O)(=O)c1cc([N+](=O)[O-])ccc1F. The third kappa shape index (κ3) is 3.21. The fourth-order valence-electron chi connectivity index (χ4n) is 1.05. The molecule has 1 aromatic carbocycles. The summed E-state index contributed by atoms with van der Waals surface area (Å²) in [6.45, 7) is -0.954. The smallest absolute Gasteiger partial charge is 0.318 e. The van der Waals surface area contributed by atoms with Gasteiger partial charge in [-0.25, -0.2) is 12.8 Å². The molecule has 10 heteroatoms. The van der Waals surface area contributed by atoms with E-state index in [-0.39, 0.29) is 0 Å². The van der Waals surface area contributed by atoms with Crippen molar-refractivity contribution >= 4 is 21.7 Å². The number of nitro groups is 1. The highest BCUT2D eigenvalue weighted by molar-refractivity contribution is 7.89. The van der Waals surface area contributed by atoms with Gasteiger partial charge >= 0.3 is 5.97 Å². The summed E-state index contributed by atoms with van der Waals surface area (Å²) in [7, 11) is -4.45. The third-order valence-electron chi connectivity index (χ3n) is 1.83. The maximum Gasteiger partial charge on any atom is 0.318 e. The van der Waals surface area contributed by atoms with Gasteiger partial charge in [-0.05, 0) is 6.07 Å². The molecule has 98 valence electrons. The number of aliphatic carboxylic acids is 1. The Kier molecular flexibility index (Phi) is 3.93. The monoisotopic (exact) mass is 278 g/mol. The maximum atomic E-state index is 13.3. The van der Waals surface area contributed by atoms with Gasteiger partial charge in [0.25, 0.3) is 5.69 Å². The Balaban J connectivity index is 3.18. The quantitative estimate of drug-likeness (QED) is 0.580. The largest absolute Gasteiger partial charge is 0.480 e. The highest BCUT2D eigenvalue weighted by Crippen LogP contribution is 2.20. The zero-order valence-electron chi connectivity index (χ0n) is 8.66. The van der Waals surface area contributed by atoms with Crippen LogP contribution in [0.15, 0.2) is 23.1 Å². The summed E-state index contributed by atoms with van der Waals surface area (Å²) in [5.41, 5.74) is -0.618. The first-order valence-electron chi connectivity index (χ1n) is 4.39. The summed E-state index contributed by atoms with van der Waals surface area (Å²) >= 11 is 0. The highest BCUT2D eigenvalue weighted by Gasteiger charge is 2.23. The van der Waals surface area contributed by atoms with E-state index in [1.54, 1.807) is 4.72 Å². The second kappa shape index (κ2) is 5.06. The molecule has 0 amide bonds. The highest BCUT2D eigenvalue weighted by atomic mass is 32.2. The predicted molar refractivity (Wildman–Crippen MR) is 55.9 cm³/mol. The summed E-state index contributed by atoms with van der Waals surface area (Å²) in [6, 6.07) is 1.93. The number of nitro benzene ring substituents is 1. The zero-order valence-corrected chi connectivity index (χ0v) is 9.48. The van der Waals surface area contributed by atoms with E-state index in [0.29, 0.717) is 12.1 Å². The van der Waals surface area contributed by atoms with Crippen molar-refractivity contribution in [2.75, 3.05) is 6.54 Å². The van der Waals surface area contributed by atoms with Gasteiger partial charge in [-0.1, -0.05) is 0 Å². The Morgan fingerprint density at radius 1 is 1.50 bits per heavy atom. The molecule has 0 spiro atoms. The first-order valence-corrected chi connectivity index (χ1v) is 5.88. The molecule has 1 rings (SSSR count). The molecule has 0 fully saturated rings. The van der Waals surface area contributed by atoms with Crippen molar-refractivity contribution in [1.82, 2.24) is 4.72 Å². The van der Waals surface area contributed by atoms with Gasteiger partial charge in [0.2, 0.25) is 10.0 Å². The van der Waals surface area contributed by atoms with Gasteiger partial charge < -0.3 is 5.11 Å². The number of carboxylic acids is 1. The molecule has 0 bridgehead atoms. The van der Waals surface area contributed by atoms with E-state index >= 15 is 0 Å². The summed E-state index contributed by atoms with van der Waals surface area (Å²) < 4.78 is 37.8. The lowest BCUT2D eigenvalue weighted by atomic mass is 10.3. The molecule has 0 aliphatic heterocycles. The molecule has 0 saturated carbocycles. The number of nitrogens with zero attached hydrogens (tertiary/aromatic N) is 1. The van der Waals surface area contributed by atoms with Crippen LogP contribution in [0, 0.1) is 15.9 Å². The Bertz CT molecular complexity index is 600. The number of carboxylic acid groups (broad SMARTS) is 1. The van der Waals surface area contributed by atoms with E-state index in [2.05, 4.69) is 0 Å². The fraction of sp³-hybridized carbons (Fsp3) is 0.125. The number of nitrogens with one attached hydrogen (secondary N) is 1. The number of non-ortho nitro benzene ring substituents is 1. The molecule has 0 atom stereocenters. The van der Waals surface area contributed by atoms with Crippen LogP contribution in [0.5, 0.6) is 0 Å². The molecule has 0 unspecified atom stereocenters. The van der Waals surface area contributed by atoms with Crippen LogP contribution in [0.1, 0.15) is 0 Å². The van der Waals surface area contributed by atoms with E-state index in [4.69, 9.17) is 5.11 Å². The van der Waals surface area contributed by atoms with Gasteiger partial charge in [0.05, 0.1) is 4.92 Å². The van der Waals surface area contributed by atoms with E-state index in [9.17, 15) is 27.7 Å². The van der Waals surface area contributed by atoms with E-state index < -0.39 is 43.9 Å². The van der Waals surface area contributed by atoms with Gasteiger partial charge in [-0.2, -0.15) is 4.72 Å². The lowest BCUT2D eigenvalue weighted by molar-refractivity contribution is -0.385. The summed E-state index contributed by atoms with van der Waals surface area (Å²) in [6.07, 6.45) is 0. The Hall–Kier alpha value is -2.07. The molecular formula is C8H7FN2O6S. The van der Waals surface area contributed by atoms with E-state index in [1.807, 2.05) is 0 Å². The van der Waals surface area contributed by atoms with Crippen LogP contribution in [0.3, 0.4) is 0 Å². The van der Waals surface area contributed by atoms with Crippen molar-refractivity contribution in [3.8, 4) is 0 Å². The van der Waals surface area contributed by atoms with Crippen molar-refractivity contribution in [1.29, 1.82) is 0 Å². The fourth-order valence-corrected chi connectivity index (χ4v) is 2.12. The van der Waals surface area contributed by atoms with Crippen LogP contribution < -0.4 is 4.72 Å². The molecule has 0 aliphatic carbocycles. The van der Waals surface area contributed by atoms with Crippen molar-refractivity contribution in [2.45, 2.75) is 4.90 Å². The number of halogens is 1. The van der Waals surface area contributed by atoms with Gasteiger partial charge in [0, 0.05) is 12.1 Å². The minimum absolute atomic E-state index is 0.513. The number of rotatable bonds is 5. The average molecular weight is 278 g/mol. The molecule has 0 aromatic heterocycles. The predicted octanol–water partition coefficient (Wildman–Crippen LogP) is 0.0968. The van der Waals surface area contributed by atoms with Gasteiger partial charge in [-0.15, -0.1) is 0 Å². The normalized spacial score (nSPS) is 11.2. The number of sulfonamides is 1. The van der Waals surface area contributed by atoms with Gasteiger partial charge in [-0.3, -0.25) is 14.9 Å². The number of benzene rings is 1. The lowest BCUT2D eigenvalue weighted by Gasteiger charge is -2.05. The number of hydrogen-bond donors (Lipinski definition) is 2. The molecule has 0 heterocycles. The van der Waals surface area contributed by atoms with Crippen molar-refractivity contribution < 1.29 is 27.6 Å². The first kappa shape index (κ1) is 14.0. The summed E-state index contributed by atoms with van der Waals surface area (Å²) in [5.74, 6) is -2.68. The molecule has 2 N–H and O–H groups in total. The van der Waals surface area contributed by atoms with Crippen molar-refractivity contribution in [3.05, 3.63) is 34.1 Å². The molecule has 0 saturated heterocycles. The van der Waals surface area contributed by atoms with Gasteiger partial charge in [0.15, 0.2) is 0 Å². The Morgan fingerprint density at radius 3 is 2.61 bits per heavy atom. The molecule has 0 aliphatic rings. The minimum Gasteiger partial charge on any atom is -0.480 e. The minimum atomic E-state index is -4.45. The topological polar surface area (TPSA) is 127 Å². The zero-order chi connectivity index (χ0) is 13.9. The molecule has 1 aromatic rings. The van der Waals surface area contributed by atoms with Crippen LogP contribution in [-0.2, 0) is 14.8 Å². The molecule has 18 heavy (non-hydrogen) atoms. The van der Waals surface area contributed by atoms with E-state index in [1.165, 1.54) is 0 Å². The second-order valence-corrected chi connectivity index (χ2v) is 4.83. The molecular weight excluding hydrogens is 271 g/mol. The second-order valence-electron chi connectivity index (χ2n) is 3.09. The summed E-state index contributed by atoms with van der Waals surface area (Å²) in [5, 5.41) is 18.7. The number of hydrogen-bond acceptors (Lipinski definition) is 5. The maximum absolute atomic E-state index is 13.3. The lowest BCUT2D eigenvalue weighted by Crippen LogP contribution is -2.30. The molecule has 0 radical (unpaired) electrons. The Morgan fingerprint density at radius 2 is 2.11 bits per heavy atom. The third-order valence-corrected chi connectivity index (χ3v) is 3.24. The average Bonchev–Trinajstić information content (AvgIpc) is 2.26. The van der Waals surface area contributed by atoms with Crippen molar-refractivity contribution in [2.24, 2.45) is 0 Å². The van der Waals surface area contributed by atoms with Crippen molar-refractivity contribution in [3.63, 3.8) is 0 Å². The van der Waals surface area contributed by atoms with Gasteiger partial charge in [0.1, 0.15) is 17.3 Å². The first-order chi connectivity index (χ1) is 8.24. The van der Waals surface area contributed by atoms with Crippen LogP contribution in [0.4, 0.5) is 10.1 Å². The Labute approximate surface area is 100 Å². The van der Waals surface area contributed by atoms with E-state index in [0.717, 1.165) is 6.07 Å². The molecule has 8 nitrogen and oxygen atoms in total. The summed E-state index contributed by atoms with van der Waals surface area (Å²) in [4.78, 5) is 18.8. The number of carbonyl (C=O) groups is 1. The van der Waals surface area contributed by atoms with Crippen LogP contribution in [0.2, 0.25) is 0 Å². The van der Waals surface area contributed by atoms with Crippen LogP contribution in [0.25, 0.3) is 0 Å². The van der Waals surface area contributed by atoms with Crippen LogP contribution in [-0.4, -0.2) is 31.0 Å².